The number of carbonyl (C=O) groups excluding carboxylic acids is 3. The van der Waals surface area contributed by atoms with Gasteiger partial charge in [0.1, 0.15) is 0 Å². The highest BCUT2D eigenvalue weighted by Crippen LogP contribution is 2.20. The number of nitrogens with one attached hydrogen (secondary N) is 3. The van der Waals surface area contributed by atoms with Crippen LogP contribution < -0.4 is 16.0 Å². The van der Waals surface area contributed by atoms with Crippen molar-refractivity contribution < 1.29 is 14.4 Å². The zero-order valence-corrected chi connectivity index (χ0v) is 16.7. The van der Waals surface area contributed by atoms with Gasteiger partial charge in [-0.05, 0) is 51.7 Å². The van der Waals surface area contributed by atoms with Gasteiger partial charge in [0.05, 0.1) is 10.7 Å². The Hall–Kier alpha value is -2.28. The molecular formula is C19H27ClN4O3. The predicted octanol–water partition coefficient (Wildman–Crippen LogP) is 2.61. The second-order valence-corrected chi connectivity index (χ2v) is 8.16. The third kappa shape index (κ3) is 6.75. The van der Waals surface area contributed by atoms with E-state index in [9.17, 15) is 14.4 Å². The quantitative estimate of drug-likeness (QED) is 0.688. The first-order valence-corrected chi connectivity index (χ1v) is 9.44. The van der Waals surface area contributed by atoms with Gasteiger partial charge < -0.3 is 20.9 Å². The van der Waals surface area contributed by atoms with E-state index in [1.54, 1.807) is 29.2 Å². The molecule has 0 radical (unpaired) electrons. The summed E-state index contributed by atoms with van der Waals surface area (Å²) >= 11 is 5.97. The van der Waals surface area contributed by atoms with Gasteiger partial charge >= 0.3 is 17.8 Å². The Labute approximate surface area is 164 Å². The Bertz CT molecular complexity index is 694. The Morgan fingerprint density at radius 3 is 2.33 bits per heavy atom. The number of benzene rings is 1. The van der Waals surface area contributed by atoms with Crippen LogP contribution in [0.5, 0.6) is 0 Å². The summed E-state index contributed by atoms with van der Waals surface area (Å²) in [5.74, 6) is -1.20. The topological polar surface area (TPSA) is 90.5 Å². The third-order valence-corrected chi connectivity index (χ3v) is 4.59. The molecule has 1 heterocycles. The molecule has 1 aliphatic rings. The molecule has 3 N–H and O–H groups in total. The number of hydrogen-bond donors (Lipinski definition) is 3. The van der Waals surface area contributed by atoms with Crippen LogP contribution in [0.3, 0.4) is 0 Å². The van der Waals surface area contributed by atoms with Crippen molar-refractivity contribution in [2.24, 2.45) is 5.92 Å². The van der Waals surface area contributed by atoms with Crippen LogP contribution in [0, 0.1) is 5.92 Å². The summed E-state index contributed by atoms with van der Waals surface area (Å²) in [4.78, 5) is 37.9. The molecule has 1 aromatic carbocycles. The molecule has 0 aromatic heterocycles. The average molecular weight is 395 g/mol. The first-order valence-electron chi connectivity index (χ1n) is 9.06. The molecule has 8 heteroatoms. The van der Waals surface area contributed by atoms with Crippen LogP contribution in [0.1, 0.15) is 33.6 Å². The molecule has 0 unspecified atom stereocenters. The van der Waals surface area contributed by atoms with E-state index < -0.39 is 11.8 Å². The van der Waals surface area contributed by atoms with E-state index in [-0.39, 0.29) is 17.5 Å². The van der Waals surface area contributed by atoms with Crippen LogP contribution in [-0.2, 0) is 9.59 Å². The lowest BCUT2D eigenvalue weighted by atomic mass is 9.97. The Kier molecular flexibility index (Phi) is 7.07. The molecule has 148 valence electrons. The Morgan fingerprint density at radius 1 is 1.11 bits per heavy atom. The standard InChI is InChI=1S/C19H27ClN4O3/c1-19(2,3)23-18(27)24-10-8-13(9-11-24)12-21-16(25)17(26)22-15-7-5-4-6-14(15)20/h4-7,13H,8-12H2,1-3H3,(H,21,25)(H,22,26)(H,23,27). The number of halogens is 1. The second-order valence-electron chi connectivity index (χ2n) is 7.75. The van der Waals surface area contributed by atoms with E-state index in [1.807, 2.05) is 20.8 Å². The van der Waals surface area contributed by atoms with Gasteiger partial charge in [-0.1, -0.05) is 23.7 Å². The van der Waals surface area contributed by atoms with Gasteiger partial charge in [-0.15, -0.1) is 0 Å². The van der Waals surface area contributed by atoms with E-state index in [1.165, 1.54) is 0 Å². The molecule has 27 heavy (non-hydrogen) atoms. The summed E-state index contributed by atoms with van der Waals surface area (Å²) in [7, 11) is 0. The molecule has 1 aromatic rings. The van der Waals surface area contributed by atoms with Crippen molar-refractivity contribution in [2.75, 3.05) is 25.0 Å². The van der Waals surface area contributed by atoms with Gasteiger partial charge in [-0.25, -0.2) is 4.79 Å². The number of anilines is 1. The van der Waals surface area contributed by atoms with Crippen LogP contribution in [0.25, 0.3) is 0 Å². The first-order chi connectivity index (χ1) is 12.7. The lowest BCUT2D eigenvalue weighted by molar-refractivity contribution is -0.136. The lowest BCUT2D eigenvalue weighted by Gasteiger charge is -2.34. The van der Waals surface area contributed by atoms with Crippen molar-refractivity contribution in [2.45, 2.75) is 39.2 Å². The van der Waals surface area contributed by atoms with Gasteiger partial charge in [0.25, 0.3) is 0 Å². The Balaban J connectivity index is 1.73. The highest BCUT2D eigenvalue weighted by Gasteiger charge is 2.26. The van der Waals surface area contributed by atoms with Crippen LogP contribution in [0.15, 0.2) is 24.3 Å². The van der Waals surface area contributed by atoms with E-state index in [0.29, 0.717) is 30.3 Å². The summed E-state index contributed by atoms with van der Waals surface area (Å²) in [5.41, 5.74) is 0.134. The number of carbonyl (C=O) groups is 3. The van der Waals surface area contributed by atoms with Gasteiger partial charge in [-0.3, -0.25) is 9.59 Å². The molecule has 1 aliphatic heterocycles. The number of rotatable bonds is 3. The number of para-hydroxylation sites is 1. The zero-order chi connectivity index (χ0) is 20.0. The average Bonchev–Trinajstić information content (AvgIpc) is 2.60. The fourth-order valence-electron chi connectivity index (χ4n) is 2.80. The minimum atomic E-state index is -0.745. The summed E-state index contributed by atoms with van der Waals surface area (Å²) in [6.07, 6.45) is 1.56. The molecule has 4 amide bonds. The predicted molar refractivity (Wildman–Crippen MR) is 106 cm³/mol. The fourth-order valence-corrected chi connectivity index (χ4v) is 2.98. The van der Waals surface area contributed by atoms with Crippen molar-refractivity contribution >= 4 is 35.1 Å². The minimum Gasteiger partial charge on any atom is -0.348 e. The van der Waals surface area contributed by atoms with E-state index >= 15 is 0 Å². The maximum Gasteiger partial charge on any atom is 0.317 e. The summed E-state index contributed by atoms with van der Waals surface area (Å²) in [6, 6.07) is 6.67. The summed E-state index contributed by atoms with van der Waals surface area (Å²) < 4.78 is 0. The number of amides is 4. The summed E-state index contributed by atoms with van der Waals surface area (Å²) in [5, 5.41) is 8.48. The first kappa shape index (κ1) is 21.0. The van der Waals surface area contributed by atoms with Crippen molar-refractivity contribution in [3.63, 3.8) is 0 Å². The SMILES string of the molecule is CC(C)(C)NC(=O)N1CCC(CNC(=O)C(=O)Nc2ccccc2Cl)CC1. The van der Waals surface area contributed by atoms with Crippen molar-refractivity contribution in [1.82, 2.24) is 15.5 Å². The van der Waals surface area contributed by atoms with Gasteiger partial charge in [0.2, 0.25) is 0 Å². The largest absolute Gasteiger partial charge is 0.348 e. The van der Waals surface area contributed by atoms with Crippen molar-refractivity contribution in [3.05, 3.63) is 29.3 Å². The lowest BCUT2D eigenvalue weighted by Crippen LogP contribution is -2.51. The van der Waals surface area contributed by atoms with Gasteiger partial charge in [0, 0.05) is 25.2 Å². The molecule has 0 saturated carbocycles. The third-order valence-electron chi connectivity index (χ3n) is 4.26. The van der Waals surface area contributed by atoms with E-state index in [2.05, 4.69) is 16.0 Å². The number of piperidine rings is 1. The van der Waals surface area contributed by atoms with Crippen molar-refractivity contribution in [1.29, 1.82) is 0 Å². The smallest absolute Gasteiger partial charge is 0.317 e. The number of likely N-dealkylation sites (tertiary alicyclic amines) is 1. The van der Waals surface area contributed by atoms with Crippen LogP contribution in [-0.4, -0.2) is 47.9 Å². The van der Waals surface area contributed by atoms with Gasteiger partial charge in [0.15, 0.2) is 0 Å². The molecule has 0 atom stereocenters. The molecule has 0 aliphatic carbocycles. The van der Waals surface area contributed by atoms with Crippen LogP contribution >= 0.6 is 11.6 Å². The monoisotopic (exact) mass is 394 g/mol. The molecule has 1 saturated heterocycles. The van der Waals surface area contributed by atoms with Crippen molar-refractivity contribution in [3.8, 4) is 0 Å². The number of hydrogen-bond acceptors (Lipinski definition) is 3. The normalized spacial score (nSPS) is 15.2. The van der Waals surface area contributed by atoms with E-state index in [0.717, 1.165) is 12.8 Å². The second kappa shape index (κ2) is 9.08. The maximum atomic E-state index is 12.2. The van der Waals surface area contributed by atoms with Gasteiger partial charge in [-0.2, -0.15) is 0 Å². The number of nitrogens with zero attached hydrogens (tertiary/aromatic N) is 1. The highest BCUT2D eigenvalue weighted by atomic mass is 35.5. The zero-order valence-electron chi connectivity index (χ0n) is 16.0. The van der Waals surface area contributed by atoms with Crippen LogP contribution in [0.4, 0.5) is 10.5 Å². The highest BCUT2D eigenvalue weighted by molar-refractivity contribution is 6.41. The summed E-state index contributed by atoms with van der Waals surface area (Å²) in [6.45, 7) is 7.51. The molecule has 2 rings (SSSR count). The molecule has 7 nitrogen and oxygen atoms in total. The minimum absolute atomic E-state index is 0.0656. The maximum absolute atomic E-state index is 12.2. The molecule has 0 bridgehead atoms. The fraction of sp³-hybridized carbons (Fsp3) is 0.526. The molecule has 1 fully saturated rings. The van der Waals surface area contributed by atoms with E-state index in [4.69, 9.17) is 11.6 Å². The number of urea groups is 1. The molecular weight excluding hydrogens is 368 g/mol. The van der Waals surface area contributed by atoms with Crippen LogP contribution in [0.2, 0.25) is 5.02 Å². The molecule has 0 spiro atoms. The Morgan fingerprint density at radius 2 is 1.74 bits per heavy atom.